The fourth-order valence-electron chi connectivity index (χ4n) is 1.60. The molecule has 0 atom stereocenters. The summed E-state index contributed by atoms with van der Waals surface area (Å²) in [4.78, 5) is 15.9. The highest BCUT2D eigenvalue weighted by Gasteiger charge is 2.16. The Balaban J connectivity index is 2.11. The Bertz CT molecular complexity index is 505. The SMILES string of the molecule is CC(C)(C)NC(=O)Cc1nc2ccccc2o1. The van der Waals surface area contributed by atoms with Crippen molar-refractivity contribution in [2.45, 2.75) is 32.7 Å². The Kier molecular flexibility index (Phi) is 2.88. The summed E-state index contributed by atoms with van der Waals surface area (Å²) in [6, 6.07) is 7.48. The van der Waals surface area contributed by atoms with Crippen LogP contribution >= 0.6 is 0 Å². The lowest BCUT2D eigenvalue weighted by Gasteiger charge is -2.19. The number of aromatic nitrogens is 1. The molecule has 0 aliphatic rings. The van der Waals surface area contributed by atoms with E-state index in [4.69, 9.17) is 4.42 Å². The zero-order valence-corrected chi connectivity index (χ0v) is 10.3. The number of para-hydroxylation sites is 2. The highest BCUT2D eigenvalue weighted by Crippen LogP contribution is 2.15. The quantitative estimate of drug-likeness (QED) is 0.864. The van der Waals surface area contributed by atoms with Crippen LogP contribution in [0.4, 0.5) is 0 Å². The molecule has 4 heteroatoms. The number of nitrogens with one attached hydrogen (secondary N) is 1. The molecule has 1 N–H and O–H groups in total. The van der Waals surface area contributed by atoms with Crippen LogP contribution in [0.5, 0.6) is 0 Å². The minimum absolute atomic E-state index is 0.0796. The van der Waals surface area contributed by atoms with Crippen LogP contribution in [0.3, 0.4) is 0 Å². The van der Waals surface area contributed by atoms with E-state index in [1.807, 2.05) is 45.0 Å². The van der Waals surface area contributed by atoms with Crippen molar-refractivity contribution in [3.05, 3.63) is 30.2 Å². The molecule has 0 aliphatic heterocycles. The molecule has 0 radical (unpaired) electrons. The predicted molar refractivity (Wildman–Crippen MR) is 65.6 cm³/mol. The third-order valence-electron chi connectivity index (χ3n) is 2.16. The number of amides is 1. The maximum atomic E-state index is 11.7. The lowest BCUT2D eigenvalue weighted by atomic mass is 10.1. The Labute approximate surface area is 100 Å². The number of hydrogen-bond acceptors (Lipinski definition) is 3. The van der Waals surface area contributed by atoms with Gasteiger partial charge < -0.3 is 9.73 Å². The van der Waals surface area contributed by atoms with Gasteiger partial charge in [0.15, 0.2) is 5.58 Å². The first-order valence-electron chi connectivity index (χ1n) is 5.59. The van der Waals surface area contributed by atoms with Crippen molar-refractivity contribution in [2.75, 3.05) is 0 Å². The smallest absolute Gasteiger partial charge is 0.229 e. The van der Waals surface area contributed by atoms with E-state index in [1.165, 1.54) is 0 Å². The van der Waals surface area contributed by atoms with E-state index in [9.17, 15) is 4.79 Å². The summed E-state index contributed by atoms with van der Waals surface area (Å²) in [7, 11) is 0. The molecule has 1 amide bonds. The summed E-state index contributed by atoms with van der Waals surface area (Å²) in [5.74, 6) is 0.372. The summed E-state index contributed by atoms with van der Waals surface area (Å²) in [5.41, 5.74) is 1.26. The van der Waals surface area contributed by atoms with E-state index in [0.29, 0.717) is 11.5 Å². The van der Waals surface area contributed by atoms with E-state index in [-0.39, 0.29) is 17.9 Å². The van der Waals surface area contributed by atoms with Crippen LogP contribution in [0.25, 0.3) is 11.1 Å². The molecule has 0 fully saturated rings. The minimum atomic E-state index is -0.233. The third kappa shape index (κ3) is 3.06. The largest absolute Gasteiger partial charge is 0.440 e. The van der Waals surface area contributed by atoms with Crippen molar-refractivity contribution in [3.63, 3.8) is 0 Å². The van der Waals surface area contributed by atoms with Crippen LogP contribution in [0.1, 0.15) is 26.7 Å². The molecule has 90 valence electrons. The molecule has 2 aromatic rings. The average Bonchev–Trinajstić information content (AvgIpc) is 2.55. The number of carbonyl (C=O) groups is 1. The number of carbonyl (C=O) groups excluding carboxylic acids is 1. The fourth-order valence-corrected chi connectivity index (χ4v) is 1.60. The van der Waals surface area contributed by atoms with Crippen molar-refractivity contribution >= 4 is 17.0 Å². The van der Waals surface area contributed by atoms with Crippen LogP contribution in [0.15, 0.2) is 28.7 Å². The van der Waals surface area contributed by atoms with Crippen molar-refractivity contribution in [1.82, 2.24) is 10.3 Å². The molecule has 1 aromatic carbocycles. The van der Waals surface area contributed by atoms with E-state index in [0.717, 1.165) is 5.52 Å². The van der Waals surface area contributed by atoms with Gasteiger partial charge in [0.25, 0.3) is 0 Å². The van der Waals surface area contributed by atoms with E-state index in [2.05, 4.69) is 10.3 Å². The number of hydrogen-bond donors (Lipinski definition) is 1. The number of nitrogens with zero attached hydrogens (tertiary/aromatic N) is 1. The Morgan fingerprint density at radius 3 is 2.71 bits per heavy atom. The zero-order valence-electron chi connectivity index (χ0n) is 10.3. The number of oxazole rings is 1. The third-order valence-corrected chi connectivity index (χ3v) is 2.16. The summed E-state index contributed by atoms with van der Waals surface area (Å²) >= 11 is 0. The number of rotatable bonds is 2. The van der Waals surface area contributed by atoms with Gasteiger partial charge in [-0.15, -0.1) is 0 Å². The van der Waals surface area contributed by atoms with Gasteiger partial charge in [-0.3, -0.25) is 4.79 Å². The molecule has 0 aliphatic carbocycles. The van der Waals surface area contributed by atoms with Crippen molar-refractivity contribution in [1.29, 1.82) is 0 Å². The molecule has 2 rings (SSSR count). The van der Waals surface area contributed by atoms with Gasteiger partial charge in [0.2, 0.25) is 11.8 Å². The second-order valence-corrected chi connectivity index (χ2v) is 5.05. The van der Waals surface area contributed by atoms with Gasteiger partial charge >= 0.3 is 0 Å². The lowest BCUT2D eigenvalue weighted by Crippen LogP contribution is -2.41. The Morgan fingerprint density at radius 2 is 2.06 bits per heavy atom. The summed E-state index contributed by atoms with van der Waals surface area (Å²) in [6.07, 6.45) is 0.173. The van der Waals surface area contributed by atoms with Crippen molar-refractivity contribution in [2.24, 2.45) is 0 Å². The van der Waals surface area contributed by atoms with Crippen molar-refractivity contribution < 1.29 is 9.21 Å². The standard InChI is InChI=1S/C13H16N2O2/c1-13(2,3)15-11(16)8-12-14-9-6-4-5-7-10(9)17-12/h4-7H,8H2,1-3H3,(H,15,16). The monoisotopic (exact) mass is 232 g/mol. The first-order valence-corrected chi connectivity index (χ1v) is 5.59. The van der Waals surface area contributed by atoms with Gasteiger partial charge in [-0.1, -0.05) is 12.1 Å². The average molecular weight is 232 g/mol. The van der Waals surface area contributed by atoms with Gasteiger partial charge in [-0.25, -0.2) is 4.98 Å². The molecule has 0 bridgehead atoms. The topological polar surface area (TPSA) is 55.1 Å². The van der Waals surface area contributed by atoms with Gasteiger partial charge in [0, 0.05) is 5.54 Å². The van der Waals surface area contributed by atoms with E-state index in [1.54, 1.807) is 0 Å². The van der Waals surface area contributed by atoms with Crippen LogP contribution in [0, 0.1) is 0 Å². The van der Waals surface area contributed by atoms with Crippen LogP contribution < -0.4 is 5.32 Å². The Hall–Kier alpha value is -1.84. The molecule has 0 saturated heterocycles. The van der Waals surface area contributed by atoms with Crippen LogP contribution in [-0.4, -0.2) is 16.4 Å². The summed E-state index contributed by atoms with van der Waals surface area (Å²) in [6.45, 7) is 5.82. The summed E-state index contributed by atoms with van der Waals surface area (Å²) < 4.78 is 5.48. The second-order valence-electron chi connectivity index (χ2n) is 5.05. The lowest BCUT2D eigenvalue weighted by molar-refractivity contribution is -0.122. The number of fused-ring (bicyclic) bond motifs is 1. The van der Waals surface area contributed by atoms with E-state index < -0.39 is 0 Å². The normalized spacial score (nSPS) is 11.7. The molecule has 17 heavy (non-hydrogen) atoms. The molecule has 4 nitrogen and oxygen atoms in total. The molecule has 0 spiro atoms. The van der Waals surface area contributed by atoms with E-state index >= 15 is 0 Å². The molecule has 0 unspecified atom stereocenters. The van der Waals surface area contributed by atoms with Gasteiger partial charge in [-0.05, 0) is 32.9 Å². The molecule has 1 heterocycles. The Morgan fingerprint density at radius 1 is 1.35 bits per heavy atom. The molecule has 0 saturated carbocycles. The molecular weight excluding hydrogens is 216 g/mol. The highest BCUT2D eigenvalue weighted by atomic mass is 16.3. The second kappa shape index (κ2) is 4.20. The highest BCUT2D eigenvalue weighted by molar-refractivity contribution is 5.79. The van der Waals surface area contributed by atoms with Crippen LogP contribution in [0.2, 0.25) is 0 Å². The summed E-state index contributed by atoms with van der Waals surface area (Å²) in [5, 5.41) is 2.87. The van der Waals surface area contributed by atoms with Gasteiger partial charge in [0.1, 0.15) is 11.9 Å². The molecular formula is C13H16N2O2. The van der Waals surface area contributed by atoms with Gasteiger partial charge in [-0.2, -0.15) is 0 Å². The molecule has 1 aromatic heterocycles. The fraction of sp³-hybridized carbons (Fsp3) is 0.385. The minimum Gasteiger partial charge on any atom is -0.440 e. The maximum Gasteiger partial charge on any atom is 0.229 e. The van der Waals surface area contributed by atoms with Crippen LogP contribution in [-0.2, 0) is 11.2 Å². The predicted octanol–water partition coefficient (Wildman–Crippen LogP) is 2.29. The van der Waals surface area contributed by atoms with Gasteiger partial charge in [0.05, 0.1) is 0 Å². The zero-order chi connectivity index (χ0) is 12.5. The maximum absolute atomic E-state index is 11.7. The number of benzene rings is 1. The van der Waals surface area contributed by atoms with Crippen molar-refractivity contribution in [3.8, 4) is 0 Å². The first-order chi connectivity index (χ1) is 7.94. The first kappa shape index (κ1) is 11.6.